The molecule has 0 aliphatic carbocycles. The molecule has 1 amide bonds. The SMILES string of the molecule is CC#CCOC(=O)N1CC2CN(C[C@H](O)COc3ccc(C#N)cc3)CC2C1. The summed E-state index contributed by atoms with van der Waals surface area (Å²) < 4.78 is 10.7. The highest BCUT2D eigenvalue weighted by Gasteiger charge is 2.42. The number of amides is 1. The van der Waals surface area contributed by atoms with Crippen LogP contribution in [0.25, 0.3) is 0 Å². The monoisotopic (exact) mass is 383 g/mol. The molecule has 2 aliphatic heterocycles. The van der Waals surface area contributed by atoms with Crippen molar-refractivity contribution in [3.8, 4) is 23.7 Å². The molecule has 3 rings (SSSR count). The minimum atomic E-state index is -0.594. The Hall–Kier alpha value is -2.74. The van der Waals surface area contributed by atoms with Crippen LogP contribution < -0.4 is 4.74 Å². The third kappa shape index (κ3) is 5.16. The standard InChI is InChI=1S/C21H25N3O4/c1-2-3-8-27-21(26)24-12-17-10-23(11-18(17)13-24)14-19(25)15-28-20-6-4-16(9-22)5-7-20/h4-7,17-19,25H,8,10-15H2,1H3/t17?,18?,19-/m0/s1. The zero-order valence-corrected chi connectivity index (χ0v) is 16.0. The summed E-state index contributed by atoms with van der Waals surface area (Å²) in [5.41, 5.74) is 0.577. The van der Waals surface area contributed by atoms with Gasteiger partial charge in [-0.25, -0.2) is 4.79 Å². The molecule has 1 aromatic rings. The van der Waals surface area contributed by atoms with Gasteiger partial charge in [0.15, 0.2) is 6.61 Å². The maximum absolute atomic E-state index is 12.0. The third-order valence-electron chi connectivity index (χ3n) is 5.16. The number of hydrogen-bond donors (Lipinski definition) is 1. The quantitative estimate of drug-likeness (QED) is 0.746. The number of carbonyl (C=O) groups is 1. The summed E-state index contributed by atoms with van der Waals surface area (Å²) in [5, 5.41) is 19.1. The minimum absolute atomic E-state index is 0.138. The molecule has 0 saturated carbocycles. The van der Waals surface area contributed by atoms with E-state index in [2.05, 4.69) is 22.8 Å². The molecule has 1 N–H and O–H groups in total. The highest BCUT2D eigenvalue weighted by atomic mass is 16.6. The molecule has 28 heavy (non-hydrogen) atoms. The van der Waals surface area contributed by atoms with Gasteiger partial charge in [-0.2, -0.15) is 5.26 Å². The van der Waals surface area contributed by atoms with Crippen LogP contribution in [0, 0.1) is 35.0 Å². The largest absolute Gasteiger partial charge is 0.491 e. The van der Waals surface area contributed by atoms with Crippen molar-refractivity contribution in [3.05, 3.63) is 29.8 Å². The van der Waals surface area contributed by atoms with E-state index in [0.29, 0.717) is 42.8 Å². The number of aliphatic hydroxyl groups excluding tert-OH is 1. The van der Waals surface area contributed by atoms with E-state index >= 15 is 0 Å². The number of nitriles is 1. The molecule has 1 aromatic carbocycles. The maximum atomic E-state index is 12.0. The molecule has 3 atom stereocenters. The summed E-state index contributed by atoms with van der Waals surface area (Å²) in [6, 6.07) is 8.89. The molecule has 7 nitrogen and oxygen atoms in total. The van der Waals surface area contributed by atoms with E-state index in [1.54, 1.807) is 36.1 Å². The van der Waals surface area contributed by atoms with E-state index in [0.717, 1.165) is 13.1 Å². The fourth-order valence-corrected chi connectivity index (χ4v) is 3.82. The predicted octanol–water partition coefficient (Wildman–Crippen LogP) is 1.32. The molecular weight excluding hydrogens is 358 g/mol. The summed E-state index contributed by atoms with van der Waals surface area (Å²) >= 11 is 0. The topological polar surface area (TPSA) is 86.0 Å². The molecule has 0 aromatic heterocycles. The number of hydrogen-bond acceptors (Lipinski definition) is 6. The lowest BCUT2D eigenvalue weighted by molar-refractivity contribution is 0.0710. The van der Waals surface area contributed by atoms with Crippen molar-refractivity contribution in [1.82, 2.24) is 9.80 Å². The minimum Gasteiger partial charge on any atom is -0.491 e. The highest BCUT2D eigenvalue weighted by molar-refractivity contribution is 5.68. The Balaban J connectivity index is 1.38. The number of nitrogens with zero attached hydrogens (tertiary/aromatic N) is 3. The van der Waals surface area contributed by atoms with Gasteiger partial charge in [-0.05, 0) is 43.0 Å². The first-order valence-electron chi connectivity index (χ1n) is 9.43. The number of rotatable bonds is 6. The van der Waals surface area contributed by atoms with Crippen molar-refractivity contribution in [2.75, 3.05) is 45.9 Å². The molecule has 2 aliphatic rings. The zero-order valence-electron chi connectivity index (χ0n) is 16.0. The second-order valence-corrected chi connectivity index (χ2v) is 7.23. The number of fused-ring (bicyclic) bond motifs is 1. The Bertz CT molecular complexity index is 764. The lowest BCUT2D eigenvalue weighted by Gasteiger charge is -2.23. The van der Waals surface area contributed by atoms with E-state index in [9.17, 15) is 9.90 Å². The van der Waals surface area contributed by atoms with Gasteiger partial charge in [-0.3, -0.25) is 4.90 Å². The molecule has 7 heteroatoms. The van der Waals surface area contributed by atoms with Gasteiger partial charge in [0.2, 0.25) is 0 Å². The Morgan fingerprint density at radius 3 is 2.54 bits per heavy atom. The smallest absolute Gasteiger partial charge is 0.410 e. The van der Waals surface area contributed by atoms with Gasteiger partial charge >= 0.3 is 6.09 Å². The van der Waals surface area contributed by atoms with Crippen LogP contribution in [0.3, 0.4) is 0 Å². The van der Waals surface area contributed by atoms with Crippen LogP contribution in [-0.2, 0) is 4.74 Å². The Morgan fingerprint density at radius 1 is 1.25 bits per heavy atom. The van der Waals surface area contributed by atoms with E-state index in [4.69, 9.17) is 14.7 Å². The first-order valence-corrected chi connectivity index (χ1v) is 9.43. The highest BCUT2D eigenvalue weighted by Crippen LogP contribution is 2.31. The molecule has 2 heterocycles. The first-order chi connectivity index (χ1) is 13.6. The molecule has 0 radical (unpaired) electrons. The third-order valence-corrected chi connectivity index (χ3v) is 5.16. The van der Waals surface area contributed by atoms with Crippen molar-refractivity contribution >= 4 is 6.09 Å². The van der Waals surface area contributed by atoms with Crippen LogP contribution in [-0.4, -0.2) is 73.0 Å². The van der Waals surface area contributed by atoms with Gasteiger partial charge < -0.3 is 19.5 Å². The van der Waals surface area contributed by atoms with Crippen LogP contribution in [0.1, 0.15) is 12.5 Å². The zero-order chi connectivity index (χ0) is 19.9. The summed E-state index contributed by atoms with van der Waals surface area (Å²) in [6.45, 7) is 5.70. The van der Waals surface area contributed by atoms with Crippen LogP contribution in [0.15, 0.2) is 24.3 Å². The molecule has 148 valence electrons. The average molecular weight is 383 g/mol. The second kappa shape index (κ2) is 9.45. The number of carbonyl (C=O) groups excluding carboxylic acids is 1. The Kier molecular flexibility index (Phi) is 6.76. The molecule has 2 saturated heterocycles. The number of benzene rings is 1. The van der Waals surface area contributed by atoms with Crippen molar-refractivity contribution < 1.29 is 19.4 Å². The predicted molar refractivity (Wildman–Crippen MR) is 102 cm³/mol. The van der Waals surface area contributed by atoms with Crippen LogP contribution in [0.2, 0.25) is 0 Å². The number of likely N-dealkylation sites (tertiary alicyclic amines) is 2. The van der Waals surface area contributed by atoms with Gasteiger partial charge in [-0.15, -0.1) is 5.92 Å². The van der Waals surface area contributed by atoms with Gasteiger partial charge in [0.05, 0.1) is 11.6 Å². The first kappa shape index (κ1) is 20.0. The van der Waals surface area contributed by atoms with E-state index < -0.39 is 6.10 Å². The van der Waals surface area contributed by atoms with Gasteiger partial charge in [0.1, 0.15) is 18.5 Å². The molecule has 2 unspecified atom stereocenters. The number of β-amino-alcohol motifs (C(OH)–C–C–N with tert-alkyl or cyclic N) is 1. The van der Waals surface area contributed by atoms with Crippen molar-refractivity contribution in [2.45, 2.75) is 13.0 Å². The number of aliphatic hydroxyl groups is 1. The van der Waals surface area contributed by atoms with Crippen molar-refractivity contribution in [2.24, 2.45) is 11.8 Å². The van der Waals surface area contributed by atoms with Gasteiger partial charge in [0, 0.05) is 32.7 Å². The van der Waals surface area contributed by atoms with Crippen molar-refractivity contribution in [1.29, 1.82) is 5.26 Å². The second-order valence-electron chi connectivity index (χ2n) is 7.23. The van der Waals surface area contributed by atoms with Crippen LogP contribution in [0.4, 0.5) is 4.79 Å². The maximum Gasteiger partial charge on any atom is 0.410 e. The van der Waals surface area contributed by atoms with Gasteiger partial charge in [-0.1, -0.05) is 5.92 Å². The lowest BCUT2D eigenvalue weighted by atomic mass is 10.0. The summed E-state index contributed by atoms with van der Waals surface area (Å²) in [6.07, 6.45) is -0.886. The summed E-state index contributed by atoms with van der Waals surface area (Å²) in [5.74, 6) is 6.90. The van der Waals surface area contributed by atoms with Crippen LogP contribution >= 0.6 is 0 Å². The summed E-state index contributed by atoms with van der Waals surface area (Å²) in [7, 11) is 0. The van der Waals surface area contributed by atoms with Gasteiger partial charge in [0.25, 0.3) is 0 Å². The summed E-state index contributed by atoms with van der Waals surface area (Å²) in [4.78, 5) is 16.0. The molecule has 0 spiro atoms. The Morgan fingerprint density at radius 2 is 1.93 bits per heavy atom. The van der Waals surface area contributed by atoms with E-state index in [1.165, 1.54) is 0 Å². The van der Waals surface area contributed by atoms with Crippen molar-refractivity contribution in [3.63, 3.8) is 0 Å². The van der Waals surface area contributed by atoms with Crippen LogP contribution in [0.5, 0.6) is 5.75 Å². The average Bonchev–Trinajstić information content (AvgIpc) is 3.25. The number of ether oxygens (including phenoxy) is 2. The van der Waals surface area contributed by atoms with E-state index in [-0.39, 0.29) is 19.3 Å². The van der Waals surface area contributed by atoms with E-state index in [1.807, 2.05) is 0 Å². The Labute approximate surface area is 165 Å². The molecular formula is C21H25N3O4. The fourth-order valence-electron chi connectivity index (χ4n) is 3.82. The fraction of sp³-hybridized carbons (Fsp3) is 0.524. The molecule has 0 bridgehead atoms. The normalized spacial score (nSPS) is 22.0. The molecule has 2 fully saturated rings. The lowest BCUT2D eigenvalue weighted by Crippen LogP contribution is -2.38.